The van der Waals surface area contributed by atoms with Crippen LogP contribution in [0.15, 0.2) is 24.3 Å². The molecule has 0 aliphatic heterocycles. The second-order valence-corrected chi connectivity index (χ2v) is 5.37. The van der Waals surface area contributed by atoms with Crippen molar-refractivity contribution in [2.45, 2.75) is 19.4 Å². The third kappa shape index (κ3) is 2.94. The van der Waals surface area contributed by atoms with E-state index in [1.807, 2.05) is 0 Å². The van der Waals surface area contributed by atoms with Gasteiger partial charge < -0.3 is 10.8 Å². The molecule has 0 spiro atoms. The van der Waals surface area contributed by atoms with Crippen LogP contribution in [0.5, 0.6) is 0 Å². The first kappa shape index (κ1) is 16.0. The Labute approximate surface area is 124 Å². The summed E-state index contributed by atoms with van der Waals surface area (Å²) >= 11 is 0. The van der Waals surface area contributed by atoms with Gasteiger partial charge in [-0.3, -0.25) is 0 Å². The van der Waals surface area contributed by atoms with Gasteiger partial charge in [-0.25, -0.2) is 22.9 Å². The number of aromatic nitrogens is 1. The Kier molecular flexibility index (Phi) is 3.93. The molecule has 1 heterocycles. The molecule has 0 unspecified atom stereocenters. The molecule has 22 heavy (non-hydrogen) atoms. The van der Waals surface area contributed by atoms with Crippen molar-refractivity contribution in [3.8, 4) is 11.3 Å². The van der Waals surface area contributed by atoms with Gasteiger partial charge in [0.25, 0.3) is 0 Å². The summed E-state index contributed by atoms with van der Waals surface area (Å²) in [6.07, 6.45) is 0. The average molecular weight is 310 g/mol. The maximum atomic E-state index is 14.2. The van der Waals surface area contributed by atoms with Crippen LogP contribution in [0.25, 0.3) is 11.3 Å². The van der Waals surface area contributed by atoms with Crippen LogP contribution in [-0.4, -0.2) is 16.1 Å². The van der Waals surface area contributed by atoms with Crippen LogP contribution >= 0.6 is 0 Å². The number of carbonyl (C=O) groups is 1. The van der Waals surface area contributed by atoms with Crippen LogP contribution in [0, 0.1) is 17.5 Å². The molecular weight excluding hydrogens is 297 g/mol. The second-order valence-electron chi connectivity index (χ2n) is 5.37. The average Bonchev–Trinajstić information content (AvgIpc) is 2.38. The van der Waals surface area contributed by atoms with Crippen molar-refractivity contribution in [2.75, 3.05) is 0 Å². The number of hydrogen-bond acceptors (Lipinski definition) is 3. The Morgan fingerprint density at radius 3 is 2.14 bits per heavy atom. The van der Waals surface area contributed by atoms with Gasteiger partial charge in [0, 0.05) is 5.54 Å². The van der Waals surface area contributed by atoms with Crippen LogP contribution in [0.4, 0.5) is 13.2 Å². The smallest absolute Gasteiger partial charge is 0.354 e. The Bertz CT molecular complexity index is 732. The van der Waals surface area contributed by atoms with Gasteiger partial charge in [-0.15, -0.1) is 0 Å². The monoisotopic (exact) mass is 310 g/mol. The van der Waals surface area contributed by atoms with Crippen molar-refractivity contribution in [2.24, 2.45) is 5.73 Å². The number of halogens is 3. The molecule has 2 rings (SSSR count). The van der Waals surface area contributed by atoms with Gasteiger partial charge in [-0.05, 0) is 43.7 Å². The van der Waals surface area contributed by atoms with E-state index in [4.69, 9.17) is 10.8 Å². The van der Waals surface area contributed by atoms with Crippen molar-refractivity contribution in [1.29, 1.82) is 0 Å². The normalized spacial score (nSPS) is 11.5. The zero-order chi connectivity index (χ0) is 16.7. The molecule has 116 valence electrons. The molecule has 3 N–H and O–H groups in total. The molecular formula is C15H13F3N2O2. The van der Waals surface area contributed by atoms with Crippen LogP contribution in [0.2, 0.25) is 0 Å². The summed E-state index contributed by atoms with van der Waals surface area (Å²) in [5.41, 5.74) is 3.03. The third-order valence-corrected chi connectivity index (χ3v) is 3.09. The van der Waals surface area contributed by atoms with Crippen molar-refractivity contribution in [3.63, 3.8) is 0 Å². The summed E-state index contributed by atoms with van der Waals surface area (Å²) in [6.45, 7) is 3.12. The topological polar surface area (TPSA) is 76.2 Å². The highest BCUT2D eigenvalue weighted by Gasteiger charge is 2.23. The number of carboxylic acid groups (broad SMARTS) is 1. The van der Waals surface area contributed by atoms with Crippen molar-refractivity contribution in [3.05, 3.63) is 53.0 Å². The molecule has 1 aromatic heterocycles. The van der Waals surface area contributed by atoms with Gasteiger partial charge in [0.1, 0.15) is 28.8 Å². The van der Waals surface area contributed by atoms with Gasteiger partial charge in [-0.2, -0.15) is 0 Å². The summed E-state index contributed by atoms with van der Waals surface area (Å²) in [6, 6.07) is 3.67. The van der Waals surface area contributed by atoms with E-state index in [1.165, 1.54) is 0 Å². The number of carboxylic acids is 1. The Balaban J connectivity index is 2.68. The Hall–Kier alpha value is -2.41. The second kappa shape index (κ2) is 5.42. The molecule has 0 aliphatic rings. The summed E-state index contributed by atoms with van der Waals surface area (Å²) in [5.74, 6) is -4.59. The molecule has 0 amide bonds. The number of nitrogens with two attached hydrogens (primary N) is 1. The van der Waals surface area contributed by atoms with Gasteiger partial charge >= 0.3 is 5.97 Å². The van der Waals surface area contributed by atoms with E-state index in [9.17, 15) is 18.0 Å². The van der Waals surface area contributed by atoms with E-state index in [1.54, 1.807) is 13.8 Å². The van der Waals surface area contributed by atoms with E-state index in [-0.39, 0.29) is 5.56 Å². The van der Waals surface area contributed by atoms with Crippen molar-refractivity contribution < 1.29 is 23.1 Å². The lowest BCUT2D eigenvalue weighted by Gasteiger charge is -2.20. The first-order chi connectivity index (χ1) is 10.1. The van der Waals surface area contributed by atoms with Gasteiger partial charge in [0.15, 0.2) is 0 Å². The van der Waals surface area contributed by atoms with Gasteiger partial charge in [0.2, 0.25) is 0 Å². The summed E-state index contributed by atoms with van der Waals surface area (Å²) in [5, 5.41) is 8.85. The fraction of sp³-hybridized carbons (Fsp3) is 0.200. The molecule has 4 nitrogen and oxygen atoms in total. The molecule has 0 radical (unpaired) electrons. The van der Waals surface area contributed by atoms with Crippen LogP contribution in [0.1, 0.15) is 29.9 Å². The SMILES string of the molecule is CC(C)(N)c1cc(F)c(-c2nc(C(=O)O)ccc2F)c(F)c1. The minimum absolute atomic E-state index is 0.182. The number of hydrogen-bond donors (Lipinski definition) is 2. The maximum absolute atomic E-state index is 14.2. The molecule has 0 saturated carbocycles. The third-order valence-electron chi connectivity index (χ3n) is 3.09. The minimum atomic E-state index is -1.43. The lowest BCUT2D eigenvalue weighted by atomic mass is 9.93. The molecule has 0 atom stereocenters. The van der Waals surface area contributed by atoms with Crippen LogP contribution in [-0.2, 0) is 5.54 Å². The molecule has 2 aromatic rings. The fourth-order valence-electron chi connectivity index (χ4n) is 1.91. The Morgan fingerprint density at radius 1 is 1.14 bits per heavy atom. The number of rotatable bonds is 3. The molecule has 0 bridgehead atoms. The van der Waals surface area contributed by atoms with Gasteiger partial charge in [0.05, 0.1) is 5.56 Å². The first-order valence-electron chi connectivity index (χ1n) is 6.30. The van der Waals surface area contributed by atoms with E-state index in [0.29, 0.717) is 0 Å². The van der Waals surface area contributed by atoms with E-state index < -0.39 is 45.9 Å². The quantitative estimate of drug-likeness (QED) is 0.913. The molecule has 7 heteroatoms. The predicted octanol–water partition coefficient (Wildman–Crippen LogP) is 3.06. The maximum Gasteiger partial charge on any atom is 0.354 e. The highest BCUT2D eigenvalue weighted by molar-refractivity contribution is 5.86. The zero-order valence-corrected chi connectivity index (χ0v) is 11.8. The molecule has 0 fully saturated rings. The highest BCUT2D eigenvalue weighted by Crippen LogP contribution is 2.30. The van der Waals surface area contributed by atoms with Gasteiger partial charge in [-0.1, -0.05) is 0 Å². The van der Waals surface area contributed by atoms with Crippen molar-refractivity contribution >= 4 is 5.97 Å². The number of nitrogens with zero attached hydrogens (tertiary/aromatic N) is 1. The molecule has 0 saturated heterocycles. The lowest BCUT2D eigenvalue weighted by molar-refractivity contribution is 0.0690. The van der Waals surface area contributed by atoms with Crippen LogP contribution in [0.3, 0.4) is 0 Å². The Morgan fingerprint density at radius 2 is 1.68 bits per heavy atom. The van der Waals surface area contributed by atoms with Crippen LogP contribution < -0.4 is 5.73 Å². The van der Waals surface area contributed by atoms with E-state index in [2.05, 4.69) is 4.98 Å². The number of aromatic carboxylic acids is 1. The van der Waals surface area contributed by atoms with Crippen molar-refractivity contribution in [1.82, 2.24) is 4.98 Å². The number of pyridine rings is 1. The fourth-order valence-corrected chi connectivity index (χ4v) is 1.91. The lowest BCUT2D eigenvalue weighted by Crippen LogP contribution is -2.29. The molecule has 1 aromatic carbocycles. The zero-order valence-electron chi connectivity index (χ0n) is 11.8. The number of benzene rings is 1. The first-order valence-corrected chi connectivity index (χ1v) is 6.30. The summed E-state index contributed by atoms with van der Waals surface area (Å²) in [4.78, 5) is 14.3. The summed E-state index contributed by atoms with van der Waals surface area (Å²) < 4.78 is 42.2. The largest absolute Gasteiger partial charge is 0.477 e. The molecule has 0 aliphatic carbocycles. The predicted molar refractivity (Wildman–Crippen MR) is 73.7 cm³/mol. The standard InChI is InChI=1S/C15H13F3N2O2/c1-15(2,19)7-5-9(17)12(10(18)6-7)13-8(16)3-4-11(20-13)14(21)22/h3-6H,19H2,1-2H3,(H,21,22). The minimum Gasteiger partial charge on any atom is -0.477 e. The van der Waals surface area contributed by atoms with E-state index >= 15 is 0 Å². The highest BCUT2D eigenvalue weighted by atomic mass is 19.1. The van der Waals surface area contributed by atoms with E-state index in [0.717, 1.165) is 24.3 Å². The summed E-state index contributed by atoms with van der Waals surface area (Å²) in [7, 11) is 0.